The number of carbonyl (C=O) groups excluding carboxylic acids is 2. The molecular weight excluding hydrogens is 402 g/mol. The Morgan fingerprint density at radius 2 is 1.88 bits per heavy atom. The molecule has 0 bridgehead atoms. The van der Waals surface area contributed by atoms with Crippen molar-refractivity contribution in [3.8, 4) is 0 Å². The number of hydrogen-bond donors (Lipinski definition) is 0. The molecule has 164 valence electrons. The van der Waals surface area contributed by atoms with Crippen LogP contribution in [0.2, 0.25) is 0 Å². The molecule has 0 unspecified atom stereocenters. The predicted molar refractivity (Wildman–Crippen MR) is 123 cm³/mol. The molecule has 32 heavy (non-hydrogen) atoms. The zero-order chi connectivity index (χ0) is 22.1. The van der Waals surface area contributed by atoms with E-state index in [9.17, 15) is 9.59 Å². The number of hydrogen-bond acceptors (Lipinski definition) is 4. The van der Waals surface area contributed by atoms with Crippen LogP contribution in [0.1, 0.15) is 37.8 Å². The molecule has 1 aliphatic carbocycles. The highest BCUT2D eigenvalue weighted by atomic mass is 16.5. The quantitative estimate of drug-likeness (QED) is 0.336. The Balaban J connectivity index is 1.69. The number of esters is 1. The first kappa shape index (κ1) is 20.5. The van der Waals surface area contributed by atoms with Gasteiger partial charge in [-0.1, -0.05) is 54.6 Å². The maximum atomic E-state index is 13.9. The van der Waals surface area contributed by atoms with Gasteiger partial charge in [0.25, 0.3) is 0 Å². The lowest BCUT2D eigenvalue weighted by Crippen LogP contribution is -2.51. The van der Waals surface area contributed by atoms with Gasteiger partial charge in [-0.25, -0.2) is 4.98 Å². The summed E-state index contributed by atoms with van der Waals surface area (Å²) in [6.45, 7) is 2.38. The molecule has 0 spiro atoms. The number of carbonyl (C=O) groups is 2. The van der Waals surface area contributed by atoms with Crippen LogP contribution < -0.4 is 4.90 Å². The molecule has 0 saturated heterocycles. The molecule has 5 rings (SSSR count). The molecule has 0 fully saturated rings. The van der Waals surface area contributed by atoms with Crippen molar-refractivity contribution in [3.63, 3.8) is 0 Å². The summed E-state index contributed by atoms with van der Waals surface area (Å²) in [4.78, 5) is 33.6. The third-order valence-electron chi connectivity index (χ3n) is 6.51. The normalized spacial score (nSPS) is 22.7. The monoisotopic (exact) mass is 429 g/mol. The van der Waals surface area contributed by atoms with E-state index in [0.29, 0.717) is 12.5 Å². The van der Waals surface area contributed by atoms with Crippen LogP contribution in [0.15, 0.2) is 66.7 Å². The summed E-state index contributed by atoms with van der Waals surface area (Å²) in [5.41, 5.74) is 2.76. The molecule has 1 amide bonds. The topological polar surface area (TPSA) is 64.4 Å². The fraction of sp³-hybridized carbons (Fsp3) is 0.346. The highest BCUT2D eigenvalue weighted by Crippen LogP contribution is 2.45. The predicted octanol–water partition coefficient (Wildman–Crippen LogP) is 4.66. The molecular formula is C26H27N3O3. The maximum absolute atomic E-state index is 13.9. The average molecular weight is 430 g/mol. The van der Waals surface area contributed by atoms with E-state index in [4.69, 9.17) is 9.72 Å². The van der Waals surface area contributed by atoms with Crippen LogP contribution in [0.5, 0.6) is 0 Å². The fourth-order valence-electron chi connectivity index (χ4n) is 5.07. The van der Waals surface area contributed by atoms with Crippen LogP contribution in [0.3, 0.4) is 0 Å². The van der Waals surface area contributed by atoms with Crippen molar-refractivity contribution >= 4 is 28.9 Å². The fourth-order valence-corrected chi connectivity index (χ4v) is 5.07. The number of benzene rings is 2. The minimum Gasteiger partial charge on any atom is -0.465 e. The van der Waals surface area contributed by atoms with Gasteiger partial charge in [0, 0.05) is 0 Å². The summed E-state index contributed by atoms with van der Waals surface area (Å²) in [6, 6.07) is 17.4. The number of ether oxygens (including phenoxy) is 1. The van der Waals surface area contributed by atoms with E-state index in [1.54, 1.807) is 11.8 Å². The molecule has 0 saturated carbocycles. The standard InChI is InChI=1S/C26H27N3O3/c1-2-32-25(31)22-23(19-13-7-4-8-14-19)29-21-16-10-9-15-20(21)27-26(29)28(24(22)30)17-18-11-5-3-6-12-18/h3-7,9-12,15-16,19,22-23H,2,8,13-14,17H2,1H3/t19-,22-,23-/m0/s1. The van der Waals surface area contributed by atoms with E-state index >= 15 is 0 Å². The van der Waals surface area contributed by atoms with E-state index in [2.05, 4.69) is 16.7 Å². The van der Waals surface area contributed by atoms with Crippen LogP contribution in [-0.2, 0) is 20.9 Å². The zero-order valence-corrected chi connectivity index (χ0v) is 18.2. The molecule has 6 nitrogen and oxygen atoms in total. The van der Waals surface area contributed by atoms with Gasteiger partial charge in [0.2, 0.25) is 11.9 Å². The van der Waals surface area contributed by atoms with Crippen molar-refractivity contribution < 1.29 is 14.3 Å². The number of rotatable bonds is 5. The summed E-state index contributed by atoms with van der Waals surface area (Å²) in [6.07, 6.45) is 7.04. The van der Waals surface area contributed by atoms with Gasteiger partial charge in [-0.2, -0.15) is 0 Å². The van der Waals surface area contributed by atoms with E-state index in [0.717, 1.165) is 35.9 Å². The Morgan fingerprint density at radius 3 is 2.62 bits per heavy atom. The van der Waals surface area contributed by atoms with Crippen molar-refractivity contribution in [1.82, 2.24) is 9.55 Å². The van der Waals surface area contributed by atoms with Crippen molar-refractivity contribution in [2.75, 3.05) is 11.5 Å². The number of para-hydroxylation sites is 2. The summed E-state index contributed by atoms with van der Waals surface area (Å²) in [7, 11) is 0. The second kappa shape index (κ2) is 8.61. The number of amides is 1. The molecule has 3 atom stereocenters. The van der Waals surface area contributed by atoms with Gasteiger partial charge in [0.1, 0.15) is 0 Å². The van der Waals surface area contributed by atoms with E-state index in [1.807, 2.05) is 54.6 Å². The lowest BCUT2D eigenvalue weighted by atomic mass is 9.79. The second-order valence-corrected chi connectivity index (χ2v) is 8.45. The van der Waals surface area contributed by atoms with Crippen molar-refractivity contribution in [2.24, 2.45) is 11.8 Å². The highest BCUT2D eigenvalue weighted by molar-refractivity contribution is 6.08. The number of anilines is 1. The molecule has 1 aliphatic heterocycles. The number of nitrogens with zero attached hydrogens (tertiary/aromatic N) is 3. The van der Waals surface area contributed by atoms with Crippen LogP contribution in [-0.4, -0.2) is 28.0 Å². The summed E-state index contributed by atoms with van der Waals surface area (Å²) >= 11 is 0. The van der Waals surface area contributed by atoms with Crippen LogP contribution in [0.25, 0.3) is 11.0 Å². The molecule has 0 N–H and O–H groups in total. The van der Waals surface area contributed by atoms with Gasteiger partial charge < -0.3 is 9.30 Å². The smallest absolute Gasteiger partial charge is 0.320 e. The molecule has 2 aliphatic rings. The van der Waals surface area contributed by atoms with Gasteiger partial charge in [-0.15, -0.1) is 0 Å². The van der Waals surface area contributed by atoms with E-state index < -0.39 is 11.9 Å². The zero-order valence-electron chi connectivity index (χ0n) is 18.2. The number of aromatic nitrogens is 2. The molecule has 0 radical (unpaired) electrons. The molecule has 2 heterocycles. The number of fused-ring (bicyclic) bond motifs is 3. The number of imidazole rings is 1. The van der Waals surface area contributed by atoms with Gasteiger partial charge in [-0.3, -0.25) is 14.5 Å². The van der Waals surface area contributed by atoms with Crippen LogP contribution >= 0.6 is 0 Å². The van der Waals surface area contributed by atoms with Crippen molar-refractivity contribution in [3.05, 3.63) is 72.3 Å². The minimum absolute atomic E-state index is 0.161. The summed E-state index contributed by atoms with van der Waals surface area (Å²) in [5, 5.41) is 0. The molecule has 1 aromatic heterocycles. The molecule has 3 aromatic rings. The van der Waals surface area contributed by atoms with Crippen LogP contribution in [0.4, 0.5) is 5.95 Å². The van der Waals surface area contributed by atoms with Gasteiger partial charge in [0.15, 0.2) is 5.92 Å². The minimum atomic E-state index is -0.889. The van der Waals surface area contributed by atoms with Gasteiger partial charge in [-0.05, 0) is 49.8 Å². The first-order chi connectivity index (χ1) is 15.7. The third-order valence-corrected chi connectivity index (χ3v) is 6.51. The Bertz CT molecular complexity index is 1170. The first-order valence-corrected chi connectivity index (χ1v) is 11.3. The average Bonchev–Trinajstić information content (AvgIpc) is 3.21. The number of allylic oxidation sites excluding steroid dienone is 2. The Morgan fingerprint density at radius 1 is 1.09 bits per heavy atom. The SMILES string of the molecule is CCOC(=O)[C@@H]1C(=O)N(Cc2ccccc2)c2nc3ccccc3n2[C@H]1[C@H]1CC=CCC1. The first-order valence-electron chi connectivity index (χ1n) is 11.3. The molecule has 2 aromatic carbocycles. The van der Waals surface area contributed by atoms with Crippen molar-refractivity contribution in [1.29, 1.82) is 0 Å². The lowest BCUT2D eigenvalue weighted by molar-refractivity contribution is -0.155. The Kier molecular flexibility index (Phi) is 5.52. The lowest BCUT2D eigenvalue weighted by Gasteiger charge is -2.41. The van der Waals surface area contributed by atoms with E-state index in [-0.39, 0.29) is 24.5 Å². The molecule has 6 heteroatoms. The summed E-state index contributed by atoms with van der Waals surface area (Å²) < 4.78 is 7.57. The third kappa shape index (κ3) is 3.49. The van der Waals surface area contributed by atoms with Crippen molar-refractivity contribution in [2.45, 2.75) is 38.8 Å². The summed E-state index contributed by atoms with van der Waals surface area (Å²) in [5.74, 6) is -0.790. The van der Waals surface area contributed by atoms with Crippen LogP contribution in [0, 0.1) is 11.8 Å². The van der Waals surface area contributed by atoms with Gasteiger partial charge >= 0.3 is 5.97 Å². The Hall–Kier alpha value is -3.41. The largest absolute Gasteiger partial charge is 0.465 e. The maximum Gasteiger partial charge on any atom is 0.320 e. The van der Waals surface area contributed by atoms with Gasteiger partial charge in [0.05, 0.1) is 30.2 Å². The highest BCUT2D eigenvalue weighted by Gasteiger charge is 2.49. The Labute approximate surface area is 187 Å². The second-order valence-electron chi connectivity index (χ2n) is 8.45. The van der Waals surface area contributed by atoms with E-state index in [1.165, 1.54) is 0 Å².